The minimum Gasteiger partial charge on any atom is -0.366 e. The van der Waals surface area contributed by atoms with Crippen LogP contribution in [0.2, 0.25) is 0 Å². The summed E-state index contributed by atoms with van der Waals surface area (Å²) in [5, 5.41) is 0. The number of carbonyl (C=O) groups excluding carboxylic acids is 2. The number of rotatable bonds is 4. The summed E-state index contributed by atoms with van der Waals surface area (Å²) in [5.74, 6) is -0.276. The standard InChI is InChI=1S/C9H14O3/c1-4-12-9(6-11)7(5-10)8(9,2)3/h5-7H,4H2,1-3H3. The lowest BCUT2D eigenvalue weighted by atomic mass is 10.1. The number of ether oxygens (including phenoxy) is 1. The van der Waals surface area contributed by atoms with Crippen LogP contribution in [0.15, 0.2) is 0 Å². The molecule has 12 heavy (non-hydrogen) atoms. The molecule has 0 N–H and O–H groups in total. The van der Waals surface area contributed by atoms with E-state index in [1.807, 2.05) is 20.8 Å². The van der Waals surface area contributed by atoms with Crippen molar-refractivity contribution in [1.29, 1.82) is 0 Å². The summed E-state index contributed by atoms with van der Waals surface area (Å²) in [5.41, 5.74) is -1.17. The van der Waals surface area contributed by atoms with E-state index in [0.29, 0.717) is 6.61 Å². The summed E-state index contributed by atoms with van der Waals surface area (Å²) in [6, 6.07) is 0. The van der Waals surface area contributed by atoms with Gasteiger partial charge < -0.3 is 14.3 Å². The van der Waals surface area contributed by atoms with Crippen molar-refractivity contribution in [2.45, 2.75) is 26.4 Å². The molecule has 0 heterocycles. The quantitative estimate of drug-likeness (QED) is 0.586. The second-order valence-electron chi connectivity index (χ2n) is 3.68. The highest BCUT2D eigenvalue weighted by Gasteiger charge is 2.73. The first-order chi connectivity index (χ1) is 5.56. The first-order valence-corrected chi connectivity index (χ1v) is 4.12. The minimum absolute atomic E-state index is 0.276. The van der Waals surface area contributed by atoms with E-state index in [-0.39, 0.29) is 11.3 Å². The Morgan fingerprint density at radius 2 is 2.00 bits per heavy atom. The fourth-order valence-corrected chi connectivity index (χ4v) is 1.84. The normalized spacial score (nSPS) is 37.4. The van der Waals surface area contributed by atoms with Crippen molar-refractivity contribution in [3.63, 3.8) is 0 Å². The molecule has 0 aliphatic heterocycles. The van der Waals surface area contributed by atoms with Crippen molar-refractivity contribution >= 4 is 12.6 Å². The maximum atomic E-state index is 10.8. The molecular weight excluding hydrogens is 156 g/mol. The highest BCUT2D eigenvalue weighted by atomic mass is 16.5. The van der Waals surface area contributed by atoms with Crippen LogP contribution in [-0.4, -0.2) is 24.8 Å². The van der Waals surface area contributed by atoms with E-state index in [1.54, 1.807) is 0 Å². The van der Waals surface area contributed by atoms with Gasteiger partial charge in [0.15, 0.2) is 6.29 Å². The van der Waals surface area contributed by atoms with Crippen LogP contribution < -0.4 is 0 Å². The van der Waals surface area contributed by atoms with Crippen LogP contribution in [0.25, 0.3) is 0 Å². The number of aldehydes is 2. The zero-order chi connectivity index (χ0) is 9.41. The molecule has 0 radical (unpaired) electrons. The van der Waals surface area contributed by atoms with Gasteiger partial charge in [0, 0.05) is 12.0 Å². The maximum Gasteiger partial charge on any atom is 0.153 e. The second kappa shape index (κ2) is 2.66. The highest BCUT2D eigenvalue weighted by molar-refractivity contribution is 5.82. The predicted octanol–water partition coefficient (Wildman–Crippen LogP) is 0.815. The van der Waals surface area contributed by atoms with Crippen molar-refractivity contribution in [3.8, 4) is 0 Å². The van der Waals surface area contributed by atoms with Crippen LogP contribution in [0.3, 0.4) is 0 Å². The molecular formula is C9H14O3. The van der Waals surface area contributed by atoms with Gasteiger partial charge in [0.1, 0.15) is 11.9 Å². The van der Waals surface area contributed by atoms with Gasteiger partial charge in [-0.25, -0.2) is 0 Å². The molecule has 1 fully saturated rings. The summed E-state index contributed by atoms with van der Waals surface area (Å²) in [6.07, 6.45) is 1.57. The summed E-state index contributed by atoms with van der Waals surface area (Å²) >= 11 is 0. The van der Waals surface area contributed by atoms with Crippen molar-refractivity contribution in [3.05, 3.63) is 0 Å². The molecule has 0 aromatic heterocycles. The third-order valence-electron chi connectivity index (χ3n) is 2.86. The number of hydrogen-bond donors (Lipinski definition) is 0. The smallest absolute Gasteiger partial charge is 0.153 e. The Bertz CT molecular complexity index is 210. The first kappa shape index (κ1) is 9.39. The summed E-state index contributed by atoms with van der Waals surface area (Å²) < 4.78 is 5.31. The molecule has 1 aliphatic carbocycles. The fourth-order valence-electron chi connectivity index (χ4n) is 1.84. The molecule has 2 unspecified atom stereocenters. The van der Waals surface area contributed by atoms with Crippen molar-refractivity contribution in [2.24, 2.45) is 11.3 Å². The SMILES string of the molecule is CCOC1(C=O)C(C=O)C1(C)C. The van der Waals surface area contributed by atoms with Crippen molar-refractivity contribution < 1.29 is 14.3 Å². The van der Waals surface area contributed by atoms with E-state index < -0.39 is 5.60 Å². The Hall–Kier alpha value is -0.700. The largest absolute Gasteiger partial charge is 0.366 e. The topological polar surface area (TPSA) is 43.4 Å². The van der Waals surface area contributed by atoms with Gasteiger partial charge in [0.25, 0.3) is 0 Å². The fraction of sp³-hybridized carbons (Fsp3) is 0.778. The van der Waals surface area contributed by atoms with Gasteiger partial charge in [0.05, 0.1) is 5.92 Å². The van der Waals surface area contributed by atoms with Gasteiger partial charge >= 0.3 is 0 Å². The Kier molecular flexibility index (Phi) is 2.08. The number of hydrogen-bond acceptors (Lipinski definition) is 3. The molecule has 0 saturated heterocycles. The minimum atomic E-state index is -0.844. The Morgan fingerprint density at radius 3 is 2.25 bits per heavy atom. The molecule has 3 nitrogen and oxygen atoms in total. The molecule has 1 aliphatic rings. The molecule has 0 amide bonds. The summed E-state index contributed by atoms with van der Waals surface area (Å²) in [7, 11) is 0. The van der Waals surface area contributed by atoms with Gasteiger partial charge in [0.2, 0.25) is 0 Å². The van der Waals surface area contributed by atoms with Crippen LogP contribution in [0.5, 0.6) is 0 Å². The molecule has 0 aromatic rings. The van der Waals surface area contributed by atoms with Gasteiger partial charge in [-0.3, -0.25) is 0 Å². The highest BCUT2D eigenvalue weighted by Crippen LogP contribution is 2.61. The van der Waals surface area contributed by atoms with Crippen molar-refractivity contribution in [2.75, 3.05) is 6.61 Å². The van der Waals surface area contributed by atoms with E-state index in [1.165, 1.54) is 0 Å². The average molecular weight is 170 g/mol. The van der Waals surface area contributed by atoms with E-state index in [4.69, 9.17) is 4.74 Å². The van der Waals surface area contributed by atoms with Crippen LogP contribution >= 0.6 is 0 Å². The molecule has 3 heteroatoms. The second-order valence-corrected chi connectivity index (χ2v) is 3.68. The molecule has 1 rings (SSSR count). The average Bonchev–Trinajstić information content (AvgIpc) is 2.49. The van der Waals surface area contributed by atoms with E-state index >= 15 is 0 Å². The maximum absolute atomic E-state index is 10.8. The molecule has 0 bridgehead atoms. The van der Waals surface area contributed by atoms with Crippen molar-refractivity contribution in [1.82, 2.24) is 0 Å². The van der Waals surface area contributed by atoms with Crippen LogP contribution in [0.4, 0.5) is 0 Å². The molecule has 0 aromatic carbocycles. The van der Waals surface area contributed by atoms with Crippen LogP contribution in [-0.2, 0) is 14.3 Å². The van der Waals surface area contributed by atoms with Gasteiger partial charge in [-0.2, -0.15) is 0 Å². The molecule has 2 atom stereocenters. The predicted molar refractivity (Wildman–Crippen MR) is 43.8 cm³/mol. The molecule has 68 valence electrons. The third kappa shape index (κ3) is 0.860. The van der Waals surface area contributed by atoms with Gasteiger partial charge in [-0.15, -0.1) is 0 Å². The van der Waals surface area contributed by atoms with E-state index in [2.05, 4.69) is 0 Å². The van der Waals surface area contributed by atoms with Gasteiger partial charge in [-0.05, 0) is 6.92 Å². The van der Waals surface area contributed by atoms with Crippen LogP contribution in [0.1, 0.15) is 20.8 Å². The zero-order valence-electron chi connectivity index (χ0n) is 7.66. The zero-order valence-corrected chi connectivity index (χ0v) is 7.66. The molecule has 0 spiro atoms. The Labute approximate surface area is 72.1 Å². The Morgan fingerprint density at radius 1 is 1.42 bits per heavy atom. The lowest BCUT2D eigenvalue weighted by Crippen LogP contribution is -2.23. The van der Waals surface area contributed by atoms with Gasteiger partial charge in [-0.1, -0.05) is 13.8 Å². The van der Waals surface area contributed by atoms with E-state index in [0.717, 1.165) is 12.6 Å². The van der Waals surface area contributed by atoms with Crippen LogP contribution in [0, 0.1) is 11.3 Å². The number of carbonyl (C=O) groups is 2. The lowest BCUT2D eigenvalue weighted by Gasteiger charge is -2.11. The van der Waals surface area contributed by atoms with E-state index in [9.17, 15) is 9.59 Å². The summed E-state index contributed by atoms with van der Waals surface area (Å²) in [4.78, 5) is 21.4. The molecule has 1 saturated carbocycles. The lowest BCUT2D eigenvalue weighted by molar-refractivity contribution is -0.125. The summed E-state index contributed by atoms with van der Waals surface area (Å²) in [6.45, 7) is 6.03. The third-order valence-corrected chi connectivity index (χ3v) is 2.86. The first-order valence-electron chi connectivity index (χ1n) is 4.12. The Balaban J connectivity index is 2.84. The monoisotopic (exact) mass is 170 g/mol.